The summed E-state index contributed by atoms with van der Waals surface area (Å²) >= 11 is 0. The highest BCUT2D eigenvalue weighted by atomic mass is 16.5. The van der Waals surface area contributed by atoms with Gasteiger partial charge in [0.15, 0.2) is 0 Å². The fraction of sp³-hybridized carbons (Fsp3) is 0.100. The van der Waals surface area contributed by atoms with E-state index in [1.165, 1.54) is 36.4 Å². The third-order valence-electron chi connectivity index (χ3n) is 4.00. The highest BCUT2D eigenvalue weighted by Gasteiger charge is 2.34. The number of carbonyl (C=O) groups is 3. The second kappa shape index (κ2) is 7.75. The van der Waals surface area contributed by atoms with Crippen LogP contribution >= 0.6 is 0 Å². The monoisotopic (exact) mass is 379 g/mol. The maximum atomic E-state index is 12.7. The lowest BCUT2D eigenvalue weighted by atomic mass is 10.1. The number of carbonyl (C=O) groups excluding carboxylic acids is 3. The van der Waals surface area contributed by atoms with Crippen LogP contribution in [0, 0.1) is 5.21 Å². The van der Waals surface area contributed by atoms with E-state index in [2.05, 4.69) is 12.1 Å². The largest absolute Gasteiger partial charge is 0.619 e. The molecule has 28 heavy (non-hydrogen) atoms. The van der Waals surface area contributed by atoms with Crippen molar-refractivity contribution in [1.82, 2.24) is 5.43 Å². The highest BCUT2D eigenvalue weighted by Crippen LogP contribution is 2.23. The zero-order chi connectivity index (χ0) is 20.3. The Labute approximate surface area is 160 Å². The van der Waals surface area contributed by atoms with E-state index in [1.807, 2.05) is 0 Å². The Morgan fingerprint density at radius 1 is 1.25 bits per heavy atom. The van der Waals surface area contributed by atoms with Gasteiger partial charge in [0.2, 0.25) is 5.69 Å². The van der Waals surface area contributed by atoms with Gasteiger partial charge >= 0.3 is 5.97 Å². The average Bonchev–Trinajstić information content (AvgIpc) is 2.97. The molecule has 8 nitrogen and oxygen atoms in total. The number of nitrogens with one attached hydrogen (secondary N) is 1. The maximum absolute atomic E-state index is 12.7. The van der Waals surface area contributed by atoms with Crippen LogP contribution in [0.3, 0.4) is 0 Å². The Balaban J connectivity index is 1.84. The van der Waals surface area contributed by atoms with Crippen molar-refractivity contribution in [3.63, 3.8) is 0 Å². The fourth-order valence-corrected chi connectivity index (χ4v) is 2.64. The minimum absolute atomic E-state index is 0.0758. The van der Waals surface area contributed by atoms with Crippen LogP contribution in [0.2, 0.25) is 0 Å². The van der Waals surface area contributed by atoms with Crippen molar-refractivity contribution in [1.29, 1.82) is 0 Å². The molecular formula is C20H17N3O5. The fourth-order valence-electron chi connectivity index (χ4n) is 2.64. The van der Waals surface area contributed by atoms with Crippen LogP contribution in [-0.2, 0) is 14.3 Å². The zero-order valence-corrected chi connectivity index (χ0v) is 15.0. The molecule has 0 spiro atoms. The Morgan fingerprint density at radius 3 is 2.61 bits per heavy atom. The van der Waals surface area contributed by atoms with Crippen LogP contribution in [0.4, 0.5) is 11.4 Å². The minimum atomic E-state index is -0.571. The molecule has 2 amide bonds. The molecule has 1 heterocycles. The molecule has 1 aliphatic heterocycles. The van der Waals surface area contributed by atoms with Gasteiger partial charge in [0.1, 0.15) is 12.3 Å². The summed E-state index contributed by atoms with van der Waals surface area (Å²) in [5.41, 5.74) is 3.95. The summed E-state index contributed by atoms with van der Waals surface area (Å²) in [5.74, 6) is -1.59. The molecule has 0 atom stereocenters. The van der Waals surface area contributed by atoms with Gasteiger partial charge in [-0.05, 0) is 42.8 Å². The maximum Gasteiger partial charge on any atom is 0.338 e. The predicted octanol–water partition coefficient (Wildman–Crippen LogP) is 2.17. The summed E-state index contributed by atoms with van der Waals surface area (Å²) in [6.45, 7) is 5.23. The molecule has 0 unspecified atom stereocenters. The number of hydrogen-bond donors (Lipinski definition) is 1. The normalized spacial score (nSPS) is 14.9. The molecule has 142 valence electrons. The van der Waals surface area contributed by atoms with Crippen LogP contribution < -0.4 is 10.4 Å². The van der Waals surface area contributed by atoms with E-state index >= 15 is 0 Å². The van der Waals surface area contributed by atoms with Gasteiger partial charge in [0, 0.05) is 12.1 Å². The van der Waals surface area contributed by atoms with Crippen molar-refractivity contribution in [2.45, 2.75) is 6.92 Å². The number of anilines is 1. The summed E-state index contributed by atoms with van der Waals surface area (Å²) in [4.78, 5) is 36.6. The first-order valence-electron chi connectivity index (χ1n) is 8.43. The number of hydrogen-bond acceptors (Lipinski definition) is 5. The average molecular weight is 379 g/mol. The molecule has 0 bridgehead atoms. The van der Waals surface area contributed by atoms with Crippen LogP contribution in [0.5, 0.6) is 0 Å². The van der Waals surface area contributed by atoms with Crippen molar-refractivity contribution in [2.24, 2.45) is 0 Å². The Morgan fingerprint density at radius 2 is 1.96 bits per heavy atom. The summed E-state index contributed by atoms with van der Waals surface area (Å²) < 4.78 is 5.35. The van der Waals surface area contributed by atoms with Crippen molar-refractivity contribution in [3.8, 4) is 0 Å². The van der Waals surface area contributed by atoms with Crippen molar-refractivity contribution in [3.05, 3.63) is 70.4 Å². The molecule has 0 saturated carbocycles. The topological polar surface area (TPSA) is 102 Å². The Hall–Kier alpha value is -3.94. The van der Waals surface area contributed by atoms with Gasteiger partial charge in [-0.3, -0.25) is 15.0 Å². The van der Waals surface area contributed by atoms with Gasteiger partial charge in [-0.15, -0.1) is 0 Å². The number of nitrogens with zero attached hydrogens (tertiary/aromatic N) is 2. The quantitative estimate of drug-likeness (QED) is 0.163. The molecule has 1 fully saturated rings. The van der Waals surface area contributed by atoms with Gasteiger partial charge in [-0.25, -0.2) is 9.80 Å². The molecule has 1 aliphatic rings. The van der Waals surface area contributed by atoms with E-state index in [0.29, 0.717) is 27.2 Å². The second-order valence-electron chi connectivity index (χ2n) is 5.88. The van der Waals surface area contributed by atoms with Crippen molar-refractivity contribution in [2.75, 3.05) is 11.6 Å². The highest BCUT2D eigenvalue weighted by molar-refractivity contribution is 6.31. The molecule has 1 saturated heterocycles. The number of rotatable bonds is 5. The van der Waals surface area contributed by atoms with Gasteiger partial charge < -0.3 is 9.94 Å². The van der Waals surface area contributed by atoms with Crippen molar-refractivity contribution >= 4 is 42.0 Å². The molecule has 2 aromatic rings. The zero-order valence-electron chi connectivity index (χ0n) is 15.0. The van der Waals surface area contributed by atoms with E-state index in [-0.39, 0.29) is 12.2 Å². The number of hydrazine groups is 1. The second-order valence-corrected chi connectivity index (χ2v) is 5.88. The number of amides is 2. The summed E-state index contributed by atoms with van der Waals surface area (Å²) in [5, 5.41) is 12.4. The van der Waals surface area contributed by atoms with Gasteiger partial charge in [0.05, 0.1) is 17.9 Å². The molecule has 1 N–H and O–H groups in total. The standard InChI is InChI=1S/C20H17N3O5/c1-3-28-20(26)14-7-9-15(10-8-14)23-19(25)17(18(24)21-23)12-13-5-4-6-16(11-13)22(2)27/h4-12H,2-3H2,1H3,(H,21,24)/b17-12-. The molecule has 0 aliphatic carbocycles. The van der Waals surface area contributed by atoms with Gasteiger partial charge in [-0.2, -0.15) is 4.74 Å². The van der Waals surface area contributed by atoms with E-state index in [0.717, 1.165) is 5.01 Å². The van der Waals surface area contributed by atoms with Crippen molar-refractivity contribution < 1.29 is 23.9 Å². The Bertz CT molecular complexity index is 995. The molecular weight excluding hydrogens is 362 g/mol. The van der Waals surface area contributed by atoms with E-state index in [4.69, 9.17) is 4.74 Å². The van der Waals surface area contributed by atoms with E-state index in [1.54, 1.807) is 25.1 Å². The first-order valence-corrected chi connectivity index (χ1v) is 8.43. The van der Waals surface area contributed by atoms with Gasteiger partial charge in [0.25, 0.3) is 11.8 Å². The smallest absolute Gasteiger partial charge is 0.338 e. The molecule has 8 heteroatoms. The predicted molar refractivity (Wildman–Crippen MR) is 103 cm³/mol. The van der Waals surface area contributed by atoms with E-state index < -0.39 is 17.8 Å². The molecule has 2 aromatic carbocycles. The minimum Gasteiger partial charge on any atom is -0.619 e. The lowest BCUT2D eigenvalue weighted by Gasteiger charge is -2.14. The van der Waals surface area contributed by atoms with Crippen LogP contribution in [-0.4, -0.2) is 35.8 Å². The first kappa shape index (κ1) is 18.8. The van der Waals surface area contributed by atoms with Crippen LogP contribution in [0.1, 0.15) is 22.8 Å². The van der Waals surface area contributed by atoms with Gasteiger partial charge in [-0.1, -0.05) is 12.1 Å². The summed E-state index contributed by atoms with van der Waals surface area (Å²) in [6.07, 6.45) is 1.40. The number of ether oxygens (including phenoxy) is 1. The molecule has 3 rings (SSSR count). The SMILES string of the molecule is C=[N+]([O-])c1cccc(/C=C2/C(=O)NN(c3ccc(C(=O)OCC)cc3)C2=O)c1. The Kier molecular flexibility index (Phi) is 5.21. The molecule has 0 radical (unpaired) electrons. The van der Waals surface area contributed by atoms with E-state index in [9.17, 15) is 19.6 Å². The summed E-state index contributed by atoms with van der Waals surface area (Å²) in [6, 6.07) is 12.5. The third kappa shape index (κ3) is 3.75. The lowest BCUT2D eigenvalue weighted by Crippen LogP contribution is -2.35. The first-order chi connectivity index (χ1) is 13.4. The number of benzene rings is 2. The summed E-state index contributed by atoms with van der Waals surface area (Å²) in [7, 11) is 0. The van der Waals surface area contributed by atoms with Crippen LogP contribution in [0.15, 0.2) is 54.1 Å². The lowest BCUT2D eigenvalue weighted by molar-refractivity contribution is -0.349. The van der Waals surface area contributed by atoms with Crippen LogP contribution in [0.25, 0.3) is 6.08 Å². The molecule has 0 aromatic heterocycles. The number of esters is 1. The third-order valence-corrected chi connectivity index (χ3v) is 4.00.